The second-order valence-electron chi connectivity index (χ2n) is 4.71. The first kappa shape index (κ1) is 14.9. The van der Waals surface area contributed by atoms with Crippen molar-refractivity contribution in [3.8, 4) is 11.8 Å². The van der Waals surface area contributed by atoms with Gasteiger partial charge in [0.15, 0.2) is 4.75 Å². The number of sulfonamides is 1. The van der Waals surface area contributed by atoms with E-state index in [9.17, 15) is 13.2 Å². The summed E-state index contributed by atoms with van der Waals surface area (Å²) in [6.07, 6.45) is 0. The highest BCUT2D eigenvalue weighted by molar-refractivity contribution is 7.98. The minimum atomic E-state index is -3.77. The lowest BCUT2D eigenvalue weighted by atomic mass is 10.1. The molecule has 5 nitrogen and oxygen atoms in total. The fourth-order valence-corrected chi connectivity index (χ4v) is 3.46. The molecule has 0 aromatic heterocycles. The van der Waals surface area contributed by atoms with E-state index in [1.165, 1.54) is 32.0 Å². The number of anilines is 1. The molecule has 1 heterocycles. The van der Waals surface area contributed by atoms with Crippen molar-refractivity contribution in [3.63, 3.8) is 0 Å². The molecule has 1 aromatic rings. The highest BCUT2D eigenvalue weighted by atomic mass is 35.5. The number of amides is 1. The van der Waals surface area contributed by atoms with Gasteiger partial charge in [0, 0.05) is 10.6 Å². The molecule has 1 N–H and O–H groups in total. The van der Waals surface area contributed by atoms with Crippen LogP contribution in [0.4, 0.5) is 5.69 Å². The van der Waals surface area contributed by atoms with Crippen LogP contribution in [0.25, 0.3) is 0 Å². The van der Waals surface area contributed by atoms with Crippen molar-refractivity contribution in [3.05, 3.63) is 28.8 Å². The maximum absolute atomic E-state index is 12.2. The third-order valence-corrected chi connectivity index (χ3v) is 5.61. The second-order valence-corrected chi connectivity index (χ2v) is 7.48. The van der Waals surface area contributed by atoms with Gasteiger partial charge in [0.2, 0.25) is 0 Å². The van der Waals surface area contributed by atoms with E-state index in [4.69, 9.17) is 16.7 Å². The summed E-state index contributed by atoms with van der Waals surface area (Å²) in [7, 11) is -3.77. The fourth-order valence-electron chi connectivity index (χ4n) is 1.81. The summed E-state index contributed by atoms with van der Waals surface area (Å²) in [5.41, 5.74) is 0.429. The Labute approximate surface area is 122 Å². The molecule has 1 fully saturated rings. The molecule has 1 amide bonds. The Morgan fingerprint density at radius 3 is 2.60 bits per heavy atom. The largest absolute Gasteiger partial charge is 0.384 e. The zero-order valence-electron chi connectivity index (χ0n) is 10.8. The predicted molar refractivity (Wildman–Crippen MR) is 75.9 cm³/mol. The van der Waals surface area contributed by atoms with E-state index in [1.807, 2.05) is 0 Å². The summed E-state index contributed by atoms with van der Waals surface area (Å²) in [5, 5.41) is 9.02. The Kier molecular flexibility index (Phi) is 3.54. The first-order valence-electron chi connectivity index (χ1n) is 5.72. The zero-order valence-corrected chi connectivity index (χ0v) is 12.4. The minimum absolute atomic E-state index is 0.114. The van der Waals surface area contributed by atoms with E-state index in [0.717, 1.165) is 0 Å². The molecule has 1 aromatic carbocycles. The SMILES string of the molecule is CC1(C)C(=O)N(c2cc(Cl)ccc2C#CCO)S1(=O)=O. The molecule has 1 aliphatic heterocycles. The van der Waals surface area contributed by atoms with Crippen molar-refractivity contribution in [2.45, 2.75) is 18.6 Å². The van der Waals surface area contributed by atoms with E-state index >= 15 is 0 Å². The number of aliphatic hydroxyl groups is 1. The van der Waals surface area contributed by atoms with E-state index < -0.39 is 20.7 Å². The van der Waals surface area contributed by atoms with Gasteiger partial charge in [0.05, 0.1) is 5.69 Å². The van der Waals surface area contributed by atoms with Crippen LogP contribution < -0.4 is 4.31 Å². The van der Waals surface area contributed by atoms with Crippen molar-refractivity contribution < 1.29 is 18.3 Å². The summed E-state index contributed by atoms with van der Waals surface area (Å²) >= 11 is 5.86. The summed E-state index contributed by atoms with van der Waals surface area (Å²) in [6.45, 7) is 2.34. The van der Waals surface area contributed by atoms with Crippen LogP contribution in [0.15, 0.2) is 18.2 Å². The van der Waals surface area contributed by atoms with Crippen molar-refractivity contribution in [1.29, 1.82) is 0 Å². The molecule has 0 radical (unpaired) electrons. The Hall–Kier alpha value is -1.55. The van der Waals surface area contributed by atoms with Gasteiger partial charge in [-0.05, 0) is 32.0 Å². The topological polar surface area (TPSA) is 74.7 Å². The number of carbonyl (C=O) groups excluding carboxylic acids is 1. The third kappa shape index (κ3) is 1.99. The molecule has 106 valence electrons. The molecular formula is C13H12ClNO4S. The van der Waals surface area contributed by atoms with Crippen LogP contribution >= 0.6 is 11.6 Å². The predicted octanol–water partition coefficient (Wildman–Crippen LogP) is 1.14. The molecule has 0 aliphatic carbocycles. The van der Waals surface area contributed by atoms with Crippen LogP contribution in [0.1, 0.15) is 19.4 Å². The number of halogens is 1. The average molecular weight is 314 g/mol. The molecule has 0 atom stereocenters. The number of rotatable bonds is 1. The van der Waals surface area contributed by atoms with Crippen LogP contribution in [0.2, 0.25) is 5.02 Å². The third-order valence-electron chi connectivity index (χ3n) is 3.07. The molecule has 1 aliphatic rings. The summed E-state index contributed by atoms with van der Waals surface area (Å²) in [5.74, 6) is 4.49. The maximum atomic E-state index is 12.2. The lowest BCUT2D eigenvalue weighted by molar-refractivity contribution is -0.120. The number of benzene rings is 1. The van der Waals surface area contributed by atoms with Crippen LogP contribution in [0, 0.1) is 11.8 Å². The Morgan fingerprint density at radius 1 is 1.40 bits per heavy atom. The average Bonchev–Trinajstić information content (AvgIpc) is 2.37. The first-order valence-corrected chi connectivity index (χ1v) is 7.54. The number of carbonyl (C=O) groups is 1. The standard InChI is InChI=1S/C13H12ClNO4S/c1-13(2)12(17)15(20(13,18)19)11-8-10(14)6-5-9(11)4-3-7-16/h5-6,8,16H,7H2,1-2H3. The highest BCUT2D eigenvalue weighted by Gasteiger charge is 2.61. The maximum Gasteiger partial charge on any atom is 0.263 e. The molecule has 0 bridgehead atoms. The van der Waals surface area contributed by atoms with Crippen LogP contribution in [0.3, 0.4) is 0 Å². The number of hydrogen-bond acceptors (Lipinski definition) is 4. The van der Waals surface area contributed by atoms with Gasteiger partial charge in [0.1, 0.15) is 6.61 Å². The van der Waals surface area contributed by atoms with Gasteiger partial charge < -0.3 is 5.11 Å². The van der Waals surface area contributed by atoms with Gasteiger partial charge in [-0.2, -0.15) is 0 Å². The van der Waals surface area contributed by atoms with Crippen LogP contribution in [-0.4, -0.2) is 30.8 Å². The van der Waals surface area contributed by atoms with Gasteiger partial charge in [-0.25, -0.2) is 12.7 Å². The Morgan fingerprint density at radius 2 is 2.05 bits per heavy atom. The molecule has 7 heteroatoms. The molecule has 0 saturated carbocycles. The molecule has 0 unspecified atom stereocenters. The molecule has 1 saturated heterocycles. The van der Waals surface area contributed by atoms with E-state index in [0.29, 0.717) is 14.9 Å². The van der Waals surface area contributed by atoms with E-state index in [2.05, 4.69) is 11.8 Å². The smallest absolute Gasteiger partial charge is 0.263 e. The first-order chi connectivity index (χ1) is 9.23. The Bertz CT molecular complexity index is 743. The van der Waals surface area contributed by atoms with Crippen molar-refractivity contribution >= 4 is 33.2 Å². The minimum Gasteiger partial charge on any atom is -0.384 e. The van der Waals surface area contributed by atoms with Gasteiger partial charge in [0.25, 0.3) is 15.9 Å². The van der Waals surface area contributed by atoms with Crippen molar-refractivity contribution in [2.75, 3.05) is 10.9 Å². The van der Waals surface area contributed by atoms with Gasteiger partial charge >= 0.3 is 0 Å². The monoisotopic (exact) mass is 313 g/mol. The van der Waals surface area contributed by atoms with Crippen LogP contribution in [0.5, 0.6) is 0 Å². The molecule has 20 heavy (non-hydrogen) atoms. The summed E-state index contributed by atoms with van der Waals surface area (Å²) in [6, 6.07) is 4.41. The fraction of sp³-hybridized carbons (Fsp3) is 0.308. The quantitative estimate of drug-likeness (QED) is 0.789. The Balaban J connectivity index is 2.60. The highest BCUT2D eigenvalue weighted by Crippen LogP contribution is 2.41. The van der Waals surface area contributed by atoms with Gasteiger partial charge in [-0.3, -0.25) is 4.79 Å². The number of aliphatic hydroxyl groups excluding tert-OH is 1. The summed E-state index contributed by atoms with van der Waals surface area (Å²) in [4.78, 5) is 12.0. The molecule has 0 spiro atoms. The molecule has 2 rings (SSSR count). The summed E-state index contributed by atoms with van der Waals surface area (Å²) < 4.78 is 23.6. The normalized spacial score (nSPS) is 19.0. The van der Waals surface area contributed by atoms with E-state index in [-0.39, 0.29) is 12.3 Å². The lowest BCUT2D eigenvalue weighted by Gasteiger charge is -2.43. The zero-order chi connectivity index (χ0) is 15.1. The van der Waals surface area contributed by atoms with Crippen LogP contribution in [-0.2, 0) is 14.8 Å². The van der Waals surface area contributed by atoms with Crippen molar-refractivity contribution in [2.24, 2.45) is 0 Å². The van der Waals surface area contributed by atoms with Crippen molar-refractivity contribution in [1.82, 2.24) is 0 Å². The second kappa shape index (κ2) is 4.77. The van der Waals surface area contributed by atoms with E-state index in [1.54, 1.807) is 0 Å². The number of hydrogen-bond donors (Lipinski definition) is 1. The van der Waals surface area contributed by atoms with Gasteiger partial charge in [-0.15, -0.1) is 0 Å². The number of nitrogens with zero attached hydrogens (tertiary/aromatic N) is 1. The lowest BCUT2D eigenvalue weighted by Crippen LogP contribution is -2.67. The van der Waals surface area contributed by atoms with Gasteiger partial charge in [-0.1, -0.05) is 23.4 Å². The molecular weight excluding hydrogens is 302 g/mol.